The van der Waals surface area contributed by atoms with Crippen LogP contribution in [0.25, 0.3) is 0 Å². The average Bonchev–Trinajstić information content (AvgIpc) is 2.96. The van der Waals surface area contributed by atoms with Crippen molar-refractivity contribution < 1.29 is 14.6 Å². The molecule has 0 aromatic rings. The van der Waals surface area contributed by atoms with Gasteiger partial charge in [-0.25, -0.2) is 0 Å². The smallest absolute Gasteiger partial charge is 0.321 e. The number of nitrogens with zero attached hydrogens (tertiary/aromatic N) is 2. The molecule has 0 aromatic heterocycles. The molecule has 3 unspecified atom stereocenters. The third kappa shape index (κ3) is 2.78. The molecular formula is C14H24N2O3. The van der Waals surface area contributed by atoms with Crippen molar-refractivity contribution >= 4 is 5.97 Å². The van der Waals surface area contributed by atoms with E-state index in [9.17, 15) is 9.90 Å². The van der Waals surface area contributed by atoms with Gasteiger partial charge in [-0.15, -0.1) is 0 Å². The molecule has 3 aliphatic rings. The fourth-order valence-electron chi connectivity index (χ4n) is 4.06. The summed E-state index contributed by atoms with van der Waals surface area (Å²) in [5.74, 6) is 0.421. The van der Waals surface area contributed by atoms with E-state index < -0.39 is 5.97 Å². The number of hydrogen-bond acceptors (Lipinski definition) is 4. The maximum atomic E-state index is 11.5. The van der Waals surface area contributed by atoms with Crippen molar-refractivity contribution in [1.29, 1.82) is 0 Å². The van der Waals surface area contributed by atoms with Crippen LogP contribution < -0.4 is 0 Å². The summed E-state index contributed by atoms with van der Waals surface area (Å²) in [6.07, 6.45) is 3.55. The van der Waals surface area contributed by atoms with Crippen LogP contribution in [0.2, 0.25) is 0 Å². The Morgan fingerprint density at radius 2 is 2.00 bits per heavy atom. The second-order valence-corrected chi connectivity index (χ2v) is 6.09. The quantitative estimate of drug-likeness (QED) is 0.805. The van der Waals surface area contributed by atoms with Crippen molar-refractivity contribution in [2.24, 2.45) is 11.8 Å². The van der Waals surface area contributed by atoms with E-state index >= 15 is 0 Å². The van der Waals surface area contributed by atoms with Gasteiger partial charge in [0.2, 0.25) is 0 Å². The lowest BCUT2D eigenvalue weighted by molar-refractivity contribution is -0.143. The van der Waals surface area contributed by atoms with Crippen molar-refractivity contribution in [3.05, 3.63) is 0 Å². The van der Waals surface area contributed by atoms with Gasteiger partial charge in [0.1, 0.15) is 6.04 Å². The van der Waals surface area contributed by atoms with Crippen molar-refractivity contribution in [2.45, 2.75) is 25.3 Å². The van der Waals surface area contributed by atoms with Crippen molar-refractivity contribution in [1.82, 2.24) is 9.80 Å². The van der Waals surface area contributed by atoms with E-state index in [0.29, 0.717) is 11.8 Å². The Balaban J connectivity index is 1.55. The zero-order valence-corrected chi connectivity index (χ0v) is 11.5. The number of ether oxygens (including phenoxy) is 1. The summed E-state index contributed by atoms with van der Waals surface area (Å²) in [5, 5.41) is 9.49. The number of carbonyl (C=O) groups is 1. The fourth-order valence-corrected chi connectivity index (χ4v) is 4.06. The minimum Gasteiger partial charge on any atom is -0.480 e. The summed E-state index contributed by atoms with van der Waals surface area (Å²) in [4.78, 5) is 16.1. The Bertz CT molecular complexity index is 331. The van der Waals surface area contributed by atoms with Crippen molar-refractivity contribution in [3.8, 4) is 0 Å². The lowest BCUT2D eigenvalue weighted by Crippen LogP contribution is -2.45. The third-order valence-electron chi connectivity index (χ3n) is 5.05. The number of aliphatic carboxylic acids is 1. The molecule has 0 radical (unpaired) electrons. The van der Waals surface area contributed by atoms with Gasteiger partial charge in [0.15, 0.2) is 0 Å². The van der Waals surface area contributed by atoms with Gasteiger partial charge < -0.3 is 9.84 Å². The van der Waals surface area contributed by atoms with Crippen LogP contribution in [0.5, 0.6) is 0 Å². The minimum atomic E-state index is -0.614. The van der Waals surface area contributed by atoms with Crippen LogP contribution in [0.3, 0.4) is 0 Å². The third-order valence-corrected chi connectivity index (χ3v) is 5.05. The molecule has 5 heteroatoms. The summed E-state index contributed by atoms with van der Waals surface area (Å²) in [7, 11) is 0. The van der Waals surface area contributed by atoms with E-state index in [1.54, 1.807) is 0 Å². The molecule has 1 aliphatic carbocycles. The van der Waals surface area contributed by atoms with E-state index in [1.807, 2.05) is 0 Å². The summed E-state index contributed by atoms with van der Waals surface area (Å²) >= 11 is 0. The molecular weight excluding hydrogens is 244 g/mol. The Morgan fingerprint density at radius 3 is 2.74 bits per heavy atom. The monoisotopic (exact) mass is 268 g/mol. The molecule has 3 fully saturated rings. The predicted molar refractivity (Wildman–Crippen MR) is 71.1 cm³/mol. The molecule has 0 bridgehead atoms. The molecule has 1 saturated carbocycles. The number of morpholine rings is 1. The largest absolute Gasteiger partial charge is 0.480 e. The first-order valence-corrected chi connectivity index (χ1v) is 7.52. The second-order valence-electron chi connectivity index (χ2n) is 6.09. The number of fused-ring (bicyclic) bond motifs is 1. The van der Waals surface area contributed by atoms with Gasteiger partial charge in [0.05, 0.1) is 13.2 Å². The highest BCUT2D eigenvalue weighted by molar-refractivity contribution is 5.74. The Labute approximate surface area is 114 Å². The van der Waals surface area contributed by atoms with Crippen LogP contribution in [0, 0.1) is 11.8 Å². The van der Waals surface area contributed by atoms with Gasteiger partial charge in [-0.2, -0.15) is 0 Å². The molecule has 0 spiro atoms. The van der Waals surface area contributed by atoms with Gasteiger partial charge in [-0.3, -0.25) is 14.6 Å². The molecule has 2 heterocycles. The number of carboxylic acids is 1. The zero-order chi connectivity index (χ0) is 13.2. The molecule has 2 saturated heterocycles. The zero-order valence-electron chi connectivity index (χ0n) is 11.5. The summed E-state index contributed by atoms with van der Waals surface area (Å²) < 4.78 is 5.34. The molecule has 3 rings (SSSR count). The van der Waals surface area contributed by atoms with E-state index in [0.717, 1.165) is 52.4 Å². The van der Waals surface area contributed by atoms with Crippen LogP contribution in [-0.4, -0.2) is 72.9 Å². The molecule has 3 atom stereocenters. The van der Waals surface area contributed by atoms with E-state index in [1.165, 1.54) is 12.8 Å². The highest BCUT2D eigenvalue weighted by atomic mass is 16.5. The van der Waals surface area contributed by atoms with Gasteiger partial charge >= 0.3 is 5.97 Å². The summed E-state index contributed by atoms with van der Waals surface area (Å²) in [6, 6.07) is -0.228. The van der Waals surface area contributed by atoms with E-state index in [4.69, 9.17) is 4.74 Å². The second kappa shape index (κ2) is 5.77. The first-order valence-electron chi connectivity index (χ1n) is 7.52. The summed E-state index contributed by atoms with van der Waals surface area (Å²) in [6.45, 7) is 6.46. The fraction of sp³-hybridized carbons (Fsp3) is 0.929. The first-order chi connectivity index (χ1) is 9.25. The molecule has 5 nitrogen and oxygen atoms in total. The predicted octanol–water partition coefficient (Wildman–Crippen LogP) is 0.504. The lowest BCUT2D eigenvalue weighted by atomic mass is 9.94. The molecule has 1 N–H and O–H groups in total. The van der Waals surface area contributed by atoms with Crippen molar-refractivity contribution in [2.75, 3.05) is 45.9 Å². The van der Waals surface area contributed by atoms with Gasteiger partial charge in [0, 0.05) is 32.7 Å². The average molecular weight is 268 g/mol. The SMILES string of the molecule is O=C(O)C1C2CCCC2CN1CCN1CCOCC1. The number of carboxylic acid groups (broad SMARTS) is 1. The van der Waals surface area contributed by atoms with Crippen LogP contribution in [-0.2, 0) is 9.53 Å². The van der Waals surface area contributed by atoms with Gasteiger partial charge in [-0.1, -0.05) is 6.42 Å². The first kappa shape index (κ1) is 13.3. The maximum absolute atomic E-state index is 11.5. The molecule has 0 amide bonds. The van der Waals surface area contributed by atoms with Crippen LogP contribution in [0.15, 0.2) is 0 Å². The number of hydrogen-bond donors (Lipinski definition) is 1. The number of likely N-dealkylation sites (tertiary alicyclic amines) is 1. The Morgan fingerprint density at radius 1 is 1.21 bits per heavy atom. The lowest BCUT2D eigenvalue weighted by Gasteiger charge is -2.30. The van der Waals surface area contributed by atoms with Crippen molar-refractivity contribution in [3.63, 3.8) is 0 Å². The van der Waals surface area contributed by atoms with Crippen LogP contribution in [0.4, 0.5) is 0 Å². The van der Waals surface area contributed by atoms with E-state index in [-0.39, 0.29) is 6.04 Å². The molecule has 2 aliphatic heterocycles. The number of rotatable bonds is 4. The van der Waals surface area contributed by atoms with Crippen LogP contribution >= 0.6 is 0 Å². The van der Waals surface area contributed by atoms with Crippen LogP contribution in [0.1, 0.15) is 19.3 Å². The Hall–Kier alpha value is -0.650. The van der Waals surface area contributed by atoms with Gasteiger partial charge in [-0.05, 0) is 24.7 Å². The van der Waals surface area contributed by atoms with Gasteiger partial charge in [0.25, 0.3) is 0 Å². The normalized spacial score (nSPS) is 36.5. The Kier molecular flexibility index (Phi) is 4.05. The summed E-state index contributed by atoms with van der Waals surface area (Å²) in [5.41, 5.74) is 0. The maximum Gasteiger partial charge on any atom is 0.321 e. The van der Waals surface area contributed by atoms with E-state index in [2.05, 4.69) is 9.80 Å². The highest BCUT2D eigenvalue weighted by Gasteiger charge is 2.47. The molecule has 19 heavy (non-hydrogen) atoms. The standard InChI is InChI=1S/C14H24N2O3/c17-14(18)13-12-3-1-2-11(12)10-16(13)5-4-15-6-8-19-9-7-15/h11-13H,1-10H2,(H,17,18). The minimum absolute atomic E-state index is 0.228. The highest BCUT2D eigenvalue weighted by Crippen LogP contribution is 2.42. The molecule has 0 aromatic carbocycles. The molecule has 108 valence electrons. The topological polar surface area (TPSA) is 53.0 Å².